The van der Waals surface area contributed by atoms with E-state index in [9.17, 15) is 4.79 Å². The van der Waals surface area contributed by atoms with Crippen LogP contribution in [0.15, 0.2) is 70.5 Å². The van der Waals surface area contributed by atoms with Crippen molar-refractivity contribution in [2.24, 2.45) is 0 Å². The molecule has 2 aliphatic rings. The van der Waals surface area contributed by atoms with Crippen molar-refractivity contribution in [2.45, 2.75) is 30.1 Å². The lowest BCUT2D eigenvalue weighted by atomic mass is 10.1. The number of fused-ring (bicyclic) bond motifs is 2. The summed E-state index contributed by atoms with van der Waals surface area (Å²) in [6.45, 7) is 10.0. The maximum Gasteiger partial charge on any atom is 0.340 e. The molecule has 0 bridgehead atoms. The third-order valence-corrected chi connectivity index (χ3v) is 8.23. The highest BCUT2D eigenvalue weighted by Crippen LogP contribution is 2.48. The van der Waals surface area contributed by atoms with E-state index in [0.29, 0.717) is 12.2 Å². The number of piperazine rings is 1. The van der Waals surface area contributed by atoms with Crippen molar-refractivity contribution >= 4 is 46.4 Å². The van der Waals surface area contributed by atoms with Crippen LogP contribution in [0.3, 0.4) is 0 Å². The highest BCUT2D eigenvalue weighted by Gasteiger charge is 2.25. The molecule has 0 spiro atoms. The molecule has 3 aromatic carbocycles. The molecule has 0 aromatic heterocycles. The van der Waals surface area contributed by atoms with Crippen molar-refractivity contribution in [1.29, 1.82) is 0 Å². The lowest BCUT2D eigenvalue weighted by Crippen LogP contribution is -2.47. The third-order valence-electron chi connectivity index (χ3n) is 6.87. The van der Waals surface area contributed by atoms with E-state index >= 15 is 0 Å². The van der Waals surface area contributed by atoms with Crippen molar-refractivity contribution in [1.82, 2.24) is 4.90 Å². The molecule has 0 unspecified atom stereocenters. The van der Waals surface area contributed by atoms with Crippen LogP contribution < -0.4 is 9.80 Å². The Labute approximate surface area is 223 Å². The van der Waals surface area contributed by atoms with Crippen LogP contribution >= 0.6 is 23.4 Å². The van der Waals surface area contributed by atoms with E-state index in [-0.39, 0.29) is 5.97 Å². The van der Waals surface area contributed by atoms with Crippen LogP contribution in [0.25, 0.3) is 0 Å². The predicted octanol–water partition coefficient (Wildman–Crippen LogP) is 6.64. The molecule has 0 radical (unpaired) electrons. The summed E-state index contributed by atoms with van der Waals surface area (Å²) < 4.78 is 5.31. The third kappa shape index (κ3) is 5.22. The second kappa shape index (κ2) is 11.2. The van der Waals surface area contributed by atoms with Gasteiger partial charge in [0, 0.05) is 47.5 Å². The fraction of sp³-hybridized carbons (Fsp3) is 0.345. The number of hydrogen-bond donors (Lipinski definition) is 0. The minimum absolute atomic E-state index is 0.237. The number of esters is 1. The number of para-hydroxylation sites is 2. The Kier molecular flexibility index (Phi) is 7.75. The van der Waals surface area contributed by atoms with Gasteiger partial charge in [-0.3, -0.25) is 4.90 Å². The lowest BCUT2D eigenvalue weighted by molar-refractivity contribution is 0.0527. The summed E-state index contributed by atoms with van der Waals surface area (Å²) in [5, 5.41) is 0.772. The van der Waals surface area contributed by atoms with E-state index in [1.165, 1.54) is 21.2 Å². The summed E-state index contributed by atoms with van der Waals surface area (Å²) in [6, 6.07) is 20.7. The summed E-state index contributed by atoms with van der Waals surface area (Å²) >= 11 is 8.18. The maximum absolute atomic E-state index is 12.5. The average molecular weight is 522 g/mol. The van der Waals surface area contributed by atoms with Gasteiger partial charge in [-0.05, 0) is 68.8 Å². The van der Waals surface area contributed by atoms with E-state index in [0.717, 1.165) is 62.0 Å². The largest absolute Gasteiger partial charge is 0.462 e. The minimum Gasteiger partial charge on any atom is -0.462 e. The summed E-state index contributed by atoms with van der Waals surface area (Å²) in [6.07, 6.45) is 1.06. The first kappa shape index (κ1) is 25.0. The van der Waals surface area contributed by atoms with Crippen LogP contribution in [-0.2, 0) is 4.74 Å². The predicted molar refractivity (Wildman–Crippen MR) is 149 cm³/mol. The zero-order chi connectivity index (χ0) is 25.1. The molecule has 0 amide bonds. The second-order valence-electron chi connectivity index (χ2n) is 9.21. The van der Waals surface area contributed by atoms with Gasteiger partial charge in [0.2, 0.25) is 0 Å². The highest BCUT2D eigenvalue weighted by atomic mass is 35.5. The zero-order valence-electron chi connectivity index (χ0n) is 20.9. The average Bonchev–Trinajstić information content (AvgIpc) is 2.89. The van der Waals surface area contributed by atoms with E-state index in [1.807, 2.05) is 36.9 Å². The van der Waals surface area contributed by atoms with Crippen molar-refractivity contribution in [3.63, 3.8) is 0 Å². The molecule has 5 nitrogen and oxygen atoms in total. The number of anilines is 3. The molecule has 0 aliphatic carbocycles. The van der Waals surface area contributed by atoms with Gasteiger partial charge in [0.1, 0.15) is 0 Å². The van der Waals surface area contributed by atoms with Gasteiger partial charge in [0.05, 0.1) is 29.2 Å². The highest BCUT2D eigenvalue weighted by molar-refractivity contribution is 7.99. The quantitative estimate of drug-likeness (QED) is 0.324. The van der Waals surface area contributed by atoms with Gasteiger partial charge in [0.15, 0.2) is 0 Å². The normalized spacial score (nSPS) is 15.4. The zero-order valence-corrected chi connectivity index (χ0v) is 22.4. The van der Waals surface area contributed by atoms with Crippen molar-refractivity contribution in [3.05, 3.63) is 76.8 Å². The molecule has 188 valence electrons. The molecule has 1 saturated heterocycles. The smallest absolute Gasteiger partial charge is 0.340 e. The van der Waals surface area contributed by atoms with Crippen LogP contribution in [0.5, 0.6) is 0 Å². The Balaban J connectivity index is 1.22. The number of nitrogens with zero attached hydrogens (tertiary/aromatic N) is 3. The fourth-order valence-corrected chi connectivity index (χ4v) is 6.39. The van der Waals surface area contributed by atoms with Crippen molar-refractivity contribution in [3.8, 4) is 0 Å². The topological polar surface area (TPSA) is 36.0 Å². The number of ether oxygens (including phenoxy) is 1. The standard InChI is InChI=1S/C29H32ClN3O2S/c1-3-35-29(34)23-9-6-8-21(2)28(23)32-18-16-31(17-19-32)14-7-15-33-24-10-4-5-11-26(24)36-27-13-12-22(30)20-25(27)33/h4-6,8-13,20H,3,7,14-19H2,1-2H3. The Hall–Kier alpha value is -2.67. The number of halogens is 1. The Bertz CT molecular complexity index is 1240. The van der Waals surface area contributed by atoms with Crippen LogP contribution in [0, 0.1) is 6.92 Å². The molecule has 0 N–H and O–H groups in total. The number of hydrogen-bond acceptors (Lipinski definition) is 6. The Morgan fingerprint density at radius 3 is 2.53 bits per heavy atom. The summed E-state index contributed by atoms with van der Waals surface area (Å²) in [7, 11) is 0. The second-order valence-corrected chi connectivity index (χ2v) is 10.7. The summed E-state index contributed by atoms with van der Waals surface area (Å²) in [5.74, 6) is -0.237. The van der Waals surface area contributed by atoms with Crippen molar-refractivity contribution in [2.75, 3.05) is 55.7 Å². The first-order valence-electron chi connectivity index (χ1n) is 12.6. The molecular weight excluding hydrogens is 490 g/mol. The number of carbonyl (C=O) groups is 1. The van der Waals surface area contributed by atoms with E-state index in [4.69, 9.17) is 16.3 Å². The van der Waals surface area contributed by atoms with Gasteiger partial charge in [-0.1, -0.05) is 47.6 Å². The lowest BCUT2D eigenvalue weighted by Gasteiger charge is -2.38. The fourth-order valence-electron chi connectivity index (χ4n) is 5.14. The van der Waals surface area contributed by atoms with Crippen LogP contribution in [-0.4, -0.2) is 56.7 Å². The Morgan fingerprint density at radius 1 is 0.944 bits per heavy atom. The monoisotopic (exact) mass is 521 g/mol. The molecule has 7 heteroatoms. The van der Waals surface area contributed by atoms with Gasteiger partial charge in [-0.25, -0.2) is 4.79 Å². The SMILES string of the molecule is CCOC(=O)c1cccc(C)c1N1CCN(CCCN2c3ccccc3Sc3ccc(Cl)cc32)CC1. The van der Waals surface area contributed by atoms with Gasteiger partial charge >= 0.3 is 5.97 Å². The molecule has 5 rings (SSSR count). The number of aryl methyl sites for hydroxylation is 1. The summed E-state index contributed by atoms with van der Waals surface area (Å²) in [5.41, 5.74) is 5.26. The van der Waals surface area contributed by atoms with Gasteiger partial charge in [-0.2, -0.15) is 0 Å². The van der Waals surface area contributed by atoms with Crippen molar-refractivity contribution < 1.29 is 9.53 Å². The number of carbonyl (C=O) groups excluding carboxylic acids is 1. The molecule has 36 heavy (non-hydrogen) atoms. The van der Waals surface area contributed by atoms with E-state index in [1.54, 1.807) is 0 Å². The molecule has 1 fully saturated rings. The molecule has 2 heterocycles. The molecule has 2 aliphatic heterocycles. The van der Waals surface area contributed by atoms with Gasteiger partial charge < -0.3 is 14.5 Å². The maximum atomic E-state index is 12.5. The Morgan fingerprint density at radius 2 is 1.72 bits per heavy atom. The molecule has 0 saturated carbocycles. The van der Waals surface area contributed by atoms with Crippen LogP contribution in [0.2, 0.25) is 5.02 Å². The van der Waals surface area contributed by atoms with Crippen LogP contribution in [0.4, 0.5) is 17.1 Å². The van der Waals surface area contributed by atoms with E-state index < -0.39 is 0 Å². The van der Waals surface area contributed by atoms with Crippen LogP contribution in [0.1, 0.15) is 29.3 Å². The number of rotatable bonds is 7. The van der Waals surface area contributed by atoms with Gasteiger partial charge in [0.25, 0.3) is 0 Å². The first-order valence-corrected chi connectivity index (χ1v) is 13.8. The van der Waals surface area contributed by atoms with E-state index in [2.05, 4.69) is 64.1 Å². The summed E-state index contributed by atoms with van der Waals surface area (Å²) in [4.78, 5) is 22.4. The minimum atomic E-state index is -0.237. The molecular formula is C29H32ClN3O2S. The van der Waals surface area contributed by atoms with Gasteiger partial charge in [-0.15, -0.1) is 0 Å². The molecule has 3 aromatic rings. The number of benzene rings is 3. The first-order chi connectivity index (χ1) is 17.5. The molecule has 0 atom stereocenters.